The molecule has 4 aliphatic carbocycles. The molecular formula is C58H64N4O10. The van der Waals surface area contributed by atoms with Crippen molar-refractivity contribution in [1.82, 2.24) is 19.9 Å². The number of aromatic nitrogens is 4. The number of carboxylic acid groups (broad SMARTS) is 1. The van der Waals surface area contributed by atoms with Crippen LogP contribution in [0.2, 0.25) is 0 Å². The van der Waals surface area contributed by atoms with E-state index < -0.39 is 17.2 Å². The fourth-order valence-corrected chi connectivity index (χ4v) is 10.2. The number of ether oxygens (including phenoxy) is 5. The van der Waals surface area contributed by atoms with Crippen molar-refractivity contribution >= 4 is 11.9 Å². The minimum atomic E-state index is -0.767. The second-order valence-corrected chi connectivity index (χ2v) is 20.7. The Balaban J connectivity index is 0.000000178. The summed E-state index contributed by atoms with van der Waals surface area (Å²) in [4.78, 5) is 41.5. The second kappa shape index (κ2) is 20.7. The Labute approximate surface area is 420 Å². The van der Waals surface area contributed by atoms with Gasteiger partial charge in [0, 0.05) is 83.9 Å². The highest BCUT2D eigenvalue weighted by Crippen LogP contribution is 2.62. The zero-order valence-corrected chi connectivity index (χ0v) is 42.1. The number of carboxylic acids is 1. The molecule has 6 atom stereocenters. The molecule has 0 spiro atoms. The van der Waals surface area contributed by atoms with Gasteiger partial charge >= 0.3 is 11.9 Å². The predicted molar refractivity (Wildman–Crippen MR) is 270 cm³/mol. The van der Waals surface area contributed by atoms with Crippen LogP contribution in [0.1, 0.15) is 104 Å². The smallest absolute Gasteiger partial charge is 0.309 e. The molecule has 2 aromatic carbocycles. The third-order valence-corrected chi connectivity index (χ3v) is 14.1. The molecule has 10 rings (SSSR count). The molecule has 14 heteroatoms. The largest absolute Gasteiger partial charge is 0.481 e. The normalized spacial score (nSPS) is 19.9. The molecule has 14 nitrogen and oxygen atoms in total. The first-order chi connectivity index (χ1) is 34.4. The van der Waals surface area contributed by atoms with Crippen molar-refractivity contribution in [3.05, 3.63) is 142 Å². The molecule has 0 unspecified atom stereocenters. The van der Waals surface area contributed by atoms with Crippen LogP contribution in [0.25, 0.3) is 22.3 Å². The Morgan fingerprint density at radius 2 is 1.07 bits per heavy atom. The van der Waals surface area contributed by atoms with Gasteiger partial charge in [-0.05, 0) is 142 Å². The van der Waals surface area contributed by atoms with E-state index in [0.29, 0.717) is 75.3 Å². The quantitative estimate of drug-likeness (QED) is 0.0650. The van der Waals surface area contributed by atoms with Crippen LogP contribution in [-0.4, -0.2) is 78.2 Å². The standard InChI is InChI=1S/C30H34N2O5.C28H30N2O5/c1-5-35-29(33)28-23-14-21-15-26(31-16-24(21)27(23)28)37-17-19-7-6-8-20(13-19)22-9-10-25(32-18(22)2)36-12-11-30(3,4)34;1-16-20(7-8-23(30-16)34-10-9-28(2,3)33)18-6-4-5-17(11-18)15-35-24-13-19-12-21-25(22(19)14-29-24)26(21)27(31)32/h6-10,13,15-16,23,27-28,34H,5,11-12,14,17H2,1-4H3;4-8,11,13-14,21,25-26,33H,9-10,12,15H2,1-3H3,(H,31,32)/t23-,27-,28+;21-,25-,26+/m11/s1. The summed E-state index contributed by atoms with van der Waals surface area (Å²) < 4.78 is 28.6. The molecule has 0 saturated heterocycles. The molecule has 2 fully saturated rings. The average molecular weight is 977 g/mol. The number of carbonyl (C=O) groups excluding carboxylic acids is 1. The van der Waals surface area contributed by atoms with Crippen LogP contribution in [0.3, 0.4) is 0 Å². The van der Waals surface area contributed by atoms with Crippen LogP contribution in [-0.2, 0) is 40.4 Å². The number of aliphatic hydroxyl groups is 2. The Morgan fingerprint density at radius 1 is 0.611 bits per heavy atom. The lowest BCUT2D eigenvalue weighted by molar-refractivity contribution is -0.145. The minimum absolute atomic E-state index is 0.00461. The Morgan fingerprint density at radius 3 is 1.50 bits per heavy atom. The first-order valence-electron chi connectivity index (χ1n) is 24.9. The number of nitrogens with zero attached hydrogens (tertiary/aromatic N) is 4. The molecule has 6 aromatic rings. The van der Waals surface area contributed by atoms with E-state index in [2.05, 4.69) is 38.1 Å². The van der Waals surface area contributed by atoms with Gasteiger partial charge in [-0.15, -0.1) is 0 Å². The highest BCUT2D eigenvalue weighted by molar-refractivity contribution is 5.80. The van der Waals surface area contributed by atoms with Gasteiger partial charge in [0.2, 0.25) is 23.5 Å². The van der Waals surface area contributed by atoms with Gasteiger partial charge in [0.15, 0.2) is 0 Å². The Bertz CT molecular complexity index is 2960. The highest BCUT2D eigenvalue weighted by Gasteiger charge is 2.61. The van der Waals surface area contributed by atoms with Crippen LogP contribution in [0, 0.1) is 37.5 Å². The molecule has 3 N–H and O–H groups in total. The van der Waals surface area contributed by atoms with Crippen LogP contribution in [0.15, 0.2) is 97.3 Å². The van der Waals surface area contributed by atoms with E-state index in [-0.39, 0.29) is 35.6 Å². The number of pyridine rings is 4. The molecule has 376 valence electrons. The van der Waals surface area contributed by atoms with Crippen molar-refractivity contribution < 1.29 is 48.6 Å². The predicted octanol–water partition coefficient (Wildman–Crippen LogP) is 9.56. The zero-order chi connectivity index (χ0) is 50.9. The summed E-state index contributed by atoms with van der Waals surface area (Å²) in [7, 11) is 0. The van der Waals surface area contributed by atoms with Gasteiger partial charge < -0.3 is 39.0 Å². The molecule has 4 heterocycles. The lowest BCUT2D eigenvalue weighted by atomic mass is 10.0. The fraction of sp³-hybridized carbons (Fsp3) is 0.414. The minimum Gasteiger partial charge on any atom is -0.481 e. The van der Waals surface area contributed by atoms with E-state index in [1.165, 1.54) is 5.56 Å². The van der Waals surface area contributed by atoms with E-state index in [1.54, 1.807) is 33.9 Å². The maximum atomic E-state index is 12.1. The zero-order valence-electron chi connectivity index (χ0n) is 42.1. The number of fused-ring (bicyclic) bond motifs is 6. The van der Waals surface area contributed by atoms with Crippen molar-refractivity contribution in [2.24, 2.45) is 23.7 Å². The van der Waals surface area contributed by atoms with Gasteiger partial charge in [0.1, 0.15) is 13.2 Å². The first kappa shape index (κ1) is 50.1. The number of rotatable bonds is 19. The van der Waals surface area contributed by atoms with Crippen LogP contribution >= 0.6 is 0 Å². The van der Waals surface area contributed by atoms with E-state index >= 15 is 0 Å². The van der Waals surface area contributed by atoms with Gasteiger partial charge in [-0.3, -0.25) is 9.59 Å². The summed E-state index contributed by atoms with van der Waals surface area (Å²) >= 11 is 0. The lowest BCUT2D eigenvalue weighted by Gasteiger charge is -2.17. The molecular weight excluding hydrogens is 913 g/mol. The SMILES string of the molecule is CCOC(=O)[C@H]1[C@@H]2Cc3cc(OCc4cccc(-c5ccc(OCCC(C)(C)O)nc5C)c4)ncc3[C@@H]21.Cc1nc(OCCC(C)(C)O)ccc1-c1cccc(COc2cc3c(cn2)[C@H]2[C@@H](C3)[C@@H]2C(=O)O)c1. The molecule has 0 amide bonds. The summed E-state index contributed by atoms with van der Waals surface area (Å²) in [5, 5.41) is 29.0. The number of aliphatic carboxylic acids is 1. The van der Waals surface area contributed by atoms with Gasteiger partial charge in [-0.2, -0.15) is 0 Å². The van der Waals surface area contributed by atoms with Crippen molar-refractivity contribution in [3.8, 4) is 45.8 Å². The summed E-state index contributed by atoms with van der Waals surface area (Å²) in [5.41, 5.74) is 11.0. The van der Waals surface area contributed by atoms with Gasteiger partial charge in [0.05, 0.1) is 42.9 Å². The summed E-state index contributed by atoms with van der Waals surface area (Å²) in [5.74, 6) is 2.16. The van der Waals surface area contributed by atoms with Gasteiger partial charge in [-0.1, -0.05) is 36.4 Å². The number of aryl methyl sites for hydroxylation is 2. The average Bonchev–Trinajstić information content (AvgIpc) is 4.15. The number of hydrogen-bond donors (Lipinski definition) is 3. The molecule has 72 heavy (non-hydrogen) atoms. The highest BCUT2D eigenvalue weighted by atomic mass is 16.5. The van der Waals surface area contributed by atoms with Crippen molar-refractivity contribution in [2.75, 3.05) is 19.8 Å². The number of hydrogen-bond acceptors (Lipinski definition) is 13. The summed E-state index contributed by atoms with van der Waals surface area (Å²) in [6.07, 6.45) is 6.38. The third-order valence-electron chi connectivity index (χ3n) is 14.1. The number of esters is 1. The van der Waals surface area contributed by atoms with Crippen molar-refractivity contribution in [2.45, 2.75) is 110 Å². The molecule has 2 saturated carbocycles. The number of benzene rings is 2. The Hall–Kier alpha value is -6.90. The monoisotopic (exact) mass is 976 g/mol. The topological polar surface area (TPSA) is 193 Å². The molecule has 4 aromatic heterocycles. The maximum Gasteiger partial charge on any atom is 0.309 e. The maximum absolute atomic E-state index is 12.1. The fourth-order valence-electron chi connectivity index (χ4n) is 10.2. The molecule has 0 bridgehead atoms. The van der Waals surface area contributed by atoms with Gasteiger partial charge in [-0.25, -0.2) is 19.9 Å². The van der Waals surface area contributed by atoms with E-state index in [9.17, 15) is 24.9 Å². The lowest BCUT2D eigenvalue weighted by Crippen LogP contribution is -2.22. The van der Waals surface area contributed by atoms with E-state index in [1.807, 2.05) is 93.7 Å². The molecule has 0 aliphatic heterocycles. The molecule has 0 radical (unpaired) electrons. The Kier molecular flexibility index (Phi) is 14.4. The first-order valence-corrected chi connectivity index (χ1v) is 24.9. The summed E-state index contributed by atoms with van der Waals surface area (Å²) in [6.45, 7) is 14.8. The second-order valence-electron chi connectivity index (χ2n) is 20.7. The van der Waals surface area contributed by atoms with Crippen LogP contribution in [0.5, 0.6) is 23.5 Å². The third kappa shape index (κ3) is 11.7. The van der Waals surface area contributed by atoms with Crippen LogP contribution < -0.4 is 18.9 Å². The van der Waals surface area contributed by atoms with Crippen molar-refractivity contribution in [3.63, 3.8) is 0 Å². The number of carbonyl (C=O) groups is 2. The van der Waals surface area contributed by atoms with Crippen molar-refractivity contribution in [1.29, 1.82) is 0 Å². The van der Waals surface area contributed by atoms with E-state index in [4.69, 9.17) is 23.7 Å². The summed E-state index contributed by atoms with van der Waals surface area (Å²) in [6, 6.07) is 28.0. The van der Waals surface area contributed by atoms with Crippen LogP contribution in [0.4, 0.5) is 0 Å². The van der Waals surface area contributed by atoms with Gasteiger partial charge in [0.25, 0.3) is 0 Å². The molecule has 4 aliphatic rings. The van der Waals surface area contributed by atoms with E-state index in [0.717, 1.165) is 74.3 Å².